The van der Waals surface area contributed by atoms with Gasteiger partial charge in [0.15, 0.2) is 0 Å². The van der Waals surface area contributed by atoms with E-state index in [-0.39, 0.29) is 24.3 Å². The maximum Gasteiger partial charge on any atom is 0.226 e. The third-order valence-corrected chi connectivity index (χ3v) is 7.21. The van der Waals surface area contributed by atoms with Crippen molar-refractivity contribution in [2.75, 3.05) is 31.5 Å². The summed E-state index contributed by atoms with van der Waals surface area (Å²) in [6.07, 6.45) is 3.90. The molecule has 5 rings (SSSR count). The number of amides is 2. The molecule has 1 saturated heterocycles. The lowest BCUT2D eigenvalue weighted by molar-refractivity contribution is -0.129. The van der Waals surface area contributed by atoms with Gasteiger partial charge in [-0.15, -0.1) is 0 Å². The Morgan fingerprint density at radius 2 is 1.38 bits per heavy atom. The Labute approximate surface area is 219 Å². The Kier molecular flexibility index (Phi) is 7.78. The van der Waals surface area contributed by atoms with Crippen LogP contribution in [0, 0.1) is 0 Å². The van der Waals surface area contributed by atoms with Crippen LogP contribution in [-0.2, 0) is 22.7 Å². The minimum Gasteiger partial charge on any atom is -0.326 e. The number of piperazine rings is 1. The molecule has 1 atom stereocenters. The molecule has 2 aliphatic rings. The average molecular weight is 495 g/mol. The van der Waals surface area contributed by atoms with E-state index in [1.807, 2.05) is 42.5 Å². The molecule has 6 nitrogen and oxygen atoms in total. The third-order valence-electron chi connectivity index (χ3n) is 7.21. The van der Waals surface area contributed by atoms with Crippen LogP contribution in [0.5, 0.6) is 0 Å². The number of carbonyl (C=O) groups is 2. The van der Waals surface area contributed by atoms with Crippen molar-refractivity contribution in [2.45, 2.75) is 32.5 Å². The lowest BCUT2D eigenvalue weighted by Gasteiger charge is -2.34. The zero-order valence-electron chi connectivity index (χ0n) is 21.3. The highest BCUT2D eigenvalue weighted by atomic mass is 16.2. The Bertz CT molecular complexity index is 1250. The molecule has 0 bridgehead atoms. The number of benzene rings is 3. The number of nitrogens with one attached hydrogen (secondary N) is 1. The van der Waals surface area contributed by atoms with Gasteiger partial charge in [-0.2, -0.15) is 0 Å². The van der Waals surface area contributed by atoms with Gasteiger partial charge in [0.2, 0.25) is 11.8 Å². The highest BCUT2D eigenvalue weighted by molar-refractivity contribution is 5.92. The number of hydrogen-bond donors (Lipinski definition) is 1. The fraction of sp³-hybridized carbons (Fsp3) is 0.290. The van der Waals surface area contributed by atoms with Crippen LogP contribution >= 0.6 is 0 Å². The lowest BCUT2D eigenvalue weighted by Crippen LogP contribution is -2.45. The minimum atomic E-state index is -0.307. The summed E-state index contributed by atoms with van der Waals surface area (Å²) in [4.78, 5) is 31.8. The van der Waals surface area contributed by atoms with Crippen molar-refractivity contribution in [3.05, 3.63) is 107 Å². The highest BCUT2D eigenvalue weighted by Gasteiger charge is 2.28. The molecule has 6 heteroatoms. The summed E-state index contributed by atoms with van der Waals surface area (Å²) in [6, 6.07) is 26.4. The van der Waals surface area contributed by atoms with Crippen molar-refractivity contribution in [2.24, 2.45) is 0 Å². The summed E-state index contributed by atoms with van der Waals surface area (Å²) >= 11 is 0. The maximum absolute atomic E-state index is 12.9. The van der Waals surface area contributed by atoms with E-state index in [4.69, 9.17) is 0 Å². The zero-order valence-corrected chi connectivity index (χ0v) is 21.3. The molecule has 0 aliphatic carbocycles. The third kappa shape index (κ3) is 6.34. The van der Waals surface area contributed by atoms with Gasteiger partial charge >= 0.3 is 0 Å². The van der Waals surface area contributed by atoms with Crippen LogP contribution in [0.25, 0.3) is 6.08 Å². The number of carbonyl (C=O) groups excluding carboxylic acids is 2. The summed E-state index contributed by atoms with van der Waals surface area (Å²) in [5, 5.41) is 3.02. The molecular formula is C31H34N4O2. The maximum atomic E-state index is 12.9. The van der Waals surface area contributed by atoms with Crippen molar-refractivity contribution < 1.29 is 9.59 Å². The second-order valence-corrected chi connectivity index (χ2v) is 9.87. The first-order valence-corrected chi connectivity index (χ1v) is 13.0. The van der Waals surface area contributed by atoms with Crippen molar-refractivity contribution >= 4 is 23.6 Å². The van der Waals surface area contributed by atoms with E-state index in [9.17, 15) is 9.59 Å². The van der Waals surface area contributed by atoms with Crippen LogP contribution in [-0.4, -0.2) is 52.7 Å². The first kappa shape index (κ1) is 24.9. The van der Waals surface area contributed by atoms with Crippen LogP contribution < -0.4 is 5.32 Å². The second-order valence-electron chi connectivity index (χ2n) is 9.87. The molecule has 1 unspecified atom stereocenters. The molecule has 3 aromatic rings. The van der Waals surface area contributed by atoms with Crippen molar-refractivity contribution in [3.8, 4) is 0 Å². The molecule has 2 amide bonds. The van der Waals surface area contributed by atoms with Crippen molar-refractivity contribution in [1.29, 1.82) is 0 Å². The smallest absolute Gasteiger partial charge is 0.226 e. The number of fused-ring (bicyclic) bond motifs is 1. The van der Waals surface area contributed by atoms with Crippen LogP contribution in [0.4, 0.5) is 5.69 Å². The SMILES string of the molecule is CC(=O)N1C=Cc2ccccc2C1CC(=O)Nc1ccc(CN2CCN(Cc3ccccc3)CC2)cc1. The summed E-state index contributed by atoms with van der Waals surface area (Å²) in [5.74, 6) is -0.183. The molecular weight excluding hydrogens is 460 g/mol. The van der Waals surface area contributed by atoms with Crippen LogP contribution in [0.2, 0.25) is 0 Å². The van der Waals surface area contributed by atoms with E-state index >= 15 is 0 Å². The quantitative estimate of drug-likeness (QED) is 0.507. The summed E-state index contributed by atoms with van der Waals surface area (Å²) in [7, 11) is 0. The Morgan fingerprint density at radius 1 is 0.784 bits per heavy atom. The zero-order chi connectivity index (χ0) is 25.6. The summed E-state index contributed by atoms with van der Waals surface area (Å²) in [5.41, 5.74) is 5.42. The van der Waals surface area contributed by atoms with E-state index in [0.717, 1.165) is 56.1 Å². The predicted molar refractivity (Wildman–Crippen MR) is 147 cm³/mol. The number of nitrogens with zero attached hydrogens (tertiary/aromatic N) is 3. The Morgan fingerprint density at radius 3 is 2.03 bits per heavy atom. The minimum absolute atomic E-state index is 0.0752. The molecule has 2 aliphatic heterocycles. The van der Waals surface area contributed by atoms with E-state index in [0.29, 0.717) is 0 Å². The van der Waals surface area contributed by atoms with Crippen molar-refractivity contribution in [1.82, 2.24) is 14.7 Å². The van der Waals surface area contributed by atoms with Gasteiger partial charge in [0.05, 0.1) is 12.5 Å². The molecule has 0 saturated carbocycles. The van der Waals surface area contributed by atoms with Gasteiger partial charge in [0.1, 0.15) is 0 Å². The summed E-state index contributed by atoms with van der Waals surface area (Å²) < 4.78 is 0. The van der Waals surface area contributed by atoms with Gasteiger partial charge in [0, 0.05) is 58.1 Å². The van der Waals surface area contributed by atoms with E-state index in [1.165, 1.54) is 18.1 Å². The number of hydrogen-bond acceptors (Lipinski definition) is 4. The molecule has 0 spiro atoms. The predicted octanol–water partition coefficient (Wildman–Crippen LogP) is 4.91. The molecule has 0 aromatic heterocycles. The van der Waals surface area contributed by atoms with Gasteiger partial charge < -0.3 is 10.2 Å². The first-order chi connectivity index (χ1) is 18.0. The fourth-order valence-corrected chi connectivity index (χ4v) is 5.20. The normalized spacial score (nSPS) is 17.9. The number of anilines is 1. The topological polar surface area (TPSA) is 55.9 Å². The van der Waals surface area contributed by atoms with Gasteiger partial charge in [-0.05, 0) is 40.5 Å². The Balaban J connectivity index is 1.12. The number of rotatable bonds is 7. The monoisotopic (exact) mass is 494 g/mol. The summed E-state index contributed by atoms with van der Waals surface area (Å²) in [6.45, 7) is 7.69. The van der Waals surface area contributed by atoms with Crippen LogP contribution in [0.3, 0.4) is 0 Å². The van der Waals surface area contributed by atoms with Gasteiger partial charge in [0.25, 0.3) is 0 Å². The molecule has 1 fully saturated rings. The van der Waals surface area contributed by atoms with E-state index in [1.54, 1.807) is 11.1 Å². The molecule has 0 radical (unpaired) electrons. The Hall–Kier alpha value is -3.74. The molecule has 3 aromatic carbocycles. The van der Waals surface area contributed by atoms with Gasteiger partial charge in [-0.1, -0.05) is 66.7 Å². The van der Waals surface area contributed by atoms with Crippen molar-refractivity contribution in [3.63, 3.8) is 0 Å². The first-order valence-electron chi connectivity index (χ1n) is 13.0. The fourth-order valence-electron chi connectivity index (χ4n) is 5.20. The van der Waals surface area contributed by atoms with E-state index in [2.05, 4.69) is 57.6 Å². The largest absolute Gasteiger partial charge is 0.326 e. The molecule has 37 heavy (non-hydrogen) atoms. The van der Waals surface area contributed by atoms with Gasteiger partial charge in [-0.25, -0.2) is 0 Å². The molecule has 2 heterocycles. The molecule has 1 N–H and O–H groups in total. The van der Waals surface area contributed by atoms with Gasteiger partial charge in [-0.3, -0.25) is 19.4 Å². The van der Waals surface area contributed by atoms with E-state index < -0.39 is 0 Å². The lowest BCUT2D eigenvalue weighted by atomic mass is 9.93. The average Bonchev–Trinajstić information content (AvgIpc) is 2.91. The van der Waals surface area contributed by atoms with Crippen LogP contribution in [0.15, 0.2) is 85.1 Å². The highest BCUT2D eigenvalue weighted by Crippen LogP contribution is 2.33. The second kappa shape index (κ2) is 11.5. The molecule has 190 valence electrons. The van der Waals surface area contributed by atoms with Crippen LogP contribution in [0.1, 0.15) is 41.6 Å². The standard InChI is InChI=1S/C31H34N4O2/c1-24(36)35-16-15-27-9-5-6-10-29(27)30(35)21-31(37)32-28-13-11-26(12-14-28)23-34-19-17-33(18-20-34)22-25-7-3-2-4-8-25/h2-16,30H,17-23H2,1H3,(H,32,37).